The maximum Gasteiger partial charge on any atom is 0.262 e. The number of nitrogens with zero attached hydrogens (tertiary/aromatic N) is 4. The van der Waals surface area contributed by atoms with Gasteiger partial charge in [-0.2, -0.15) is 4.31 Å². The number of piperidine rings is 1. The van der Waals surface area contributed by atoms with Gasteiger partial charge in [-0.05, 0) is 37.3 Å². The van der Waals surface area contributed by atoms with Crippen LogP contribution >= 0.6 is 0 Å². The Kier molecular flexibility index (Phi) is 5.25. The highest BCUT2D eigenvalue weighted by atomic mass is 32.2. The molecule has 1 aromatic heterocycles. The van der Waals surface area contributed by atoms with Gasteiger partial charge in [-0.3, -0.25) is 4.79 Å². The molecule has 1 fully saturated rings. The third-order valence-electron chi connectivity index (χ3n) is 5.82. The van der Waals surface area contributed by atoms with E-state index >= 15 is 0 Å². The molecule has 0 unspecified atom stereocenters. The lowest BCUT2D eigenvalue weighted by atomic mass is 9.94. The summed E-state index contributed by atoms with van der Waals surface area (Å²) in [5.41, 5.74) is 2.53. The highest BCUT2D eigenvalue weighted by Gasteiger charge is 2.35. The quantitative estimate of drug-likeness (QED) is 0.783. The maximum atomic E-state index is 13.0. The number of benzene rings is 1. The summed E-state index contributed by atoms with van der Waals surface area (Å²) in [6.07, 6.45) is 5.11. The van der Waals surface area contributed by atoms with E-state index < -0.39 is 10.0 Å². The fourth-order valence-electron chi connectivity index (χ4n) is 4.06. The summed E-state index contributed by atoms with van der Waals surface area (Å²) in [6, 6.07) is 8.26. The number of hydrogen-bond acceptors (Lipinski definition) is 4. The monoisotopic (exact) mass is 402 g/mol. The molecule has 2 aliphatic rings. The van der Waals surface area contributed by atoms with E-state index in [2.05, 4.69) is 17.1 Å². The predicted octanol–water partition coefficient (Wildman–Crippen LogP) is 1.89. The number of amides is 1. The van der Waals surface area contributed by atoms with Crippen molar-refractivity contribution in [1.82, 2.24) is 18.8 Å². The number of imidazole rings is 1. The van der Waals surface area contributed by atoms with Crippen molar-refractivity contribution in [3.8, 4) is 0 Å². The lowest BCUT2D eigenvalue weighted by Crippen LogP contribution is -2.45. The first-order valence-electron chi connectivity index (χ1n) is 9.86. The lowest BCUT2D eigenvalue weighted by molar-refractivity contribution is -0.137. The number of aryl methyl sites for hydroxylation is 1. The van der Waals surface area contributed by atoms with Gasteiger partial charge in [0.1, 0.15) is 0 Å². The molecule has 1 aromatic carbocycles. The molecule has 8 heteroatoms. The summed E-state index contributed by atoms with van der Waals surface area (Å²) in [6.45, 7) is 4.74. The fraction of sp³-hybridized carbons (Fsp3) is 0.500. The van der Waals surface area contributed by atoms with Crippen molar-refractivity contribution in [3.63, 3.8) is 0 Å². The molecule has 2 aromatic rings. The maximum absolute atomic E-state index is 13.0. The Bertz CT molecular complexity index is 961. The third-order valence-corrected chi connectivity index (χ3v) is 7.61. The minimum Gasteiger partial charge on any atom is -0.338 e. The normalized spacial score (nSPS) is 18.8. The van der Waals surface area contributed by atoms with E-state index in [1.807, 2.05) is 24.0 Å². The SMILES string of the molecule is CCn1cnc(S(=O)(=O)N2CCC(C(=O)N3CCc4ccccc4C3)CC2)c1. The Hall–Kier alpha value is -2.19. The smallest absolute Gasteiger partial charge is 0.262 e. The molecule has 0 atom stereocenters. The molecule has 150 valence electrons. The average Bonchev–Trinajstić information content (AvgIpc) is 3.23. The molecule has 0 aliphatic carbocycles. The zero-order valence-electron chi connectivity index (χ0n) is 16.1. The molecule has 2 aliphatic heterocycles. The second kappa shape index (κ2) is 7.67. The van der Waals surface area contributed by atoms with Crippen molar-refractivity contribution in [2.75, 3.05) is 19.6 Å². The molecule has 4 rings (SSSR count). The van der Waals surface area contributed by atoms with Crippen LogP contribution in [0.2, 0.25) is 0 Å². The zero-order valence-corrected chi connectivity index (χ0v) is 16.9. The Balaban J connectivity index is 1.38. The van der Waals surface area contributed by atoms with Crippen molar-refractivity contribution in [2.24, 2.45) is 5.92 Å². The second-order valence-corrected chi connectivity index (χ2v) is 9.38. The molecule has 0 spiro atoms. The highest BCUT2D eigenvalue weighted by Crippen LogP contribution is 2.27. The molecule has 1 amide bonds. The number of rotatable bonds is 4. The first-order valence-corrected chi connectivity index (χ1v) is 11.3. The largest absolute Gasteiger partial charge is 0.338 e. The van der Waals surface area contributed by atoms with Gasteiger partial charge in [0.15, 0.2) is 5.03 Å². The number of carbonyl (C=O) groups excluding carboxylic acids is 1. The highest BCUT2D eigenvalue weighted by molar-refractivity contribution is 7.89. The average molecular weight is 403 g/mol. The summed E-state index contributed by atoms with van der Waals surface area (Å²) in [5, 5.41) is 0.0896. The molecule has 0 radical (unpaired) electrons. The standard InChI is InChI=1S/C20H26N4O3S/c1-2-22-14-19(21-15-22)28(26,27)24-11-8-17(9-12-24)20(25)23-10-7-16-5-3-4-6-18(16)13-23/h3-6,14-15,17H,2,7-13H2,1H3. The number of sulfonamides is 1. The van der Waals surface area contributed by atoms with E-state index in [0.29, 0.717) is 39.0 Å². The fourth-order valence-corrected chi connectivity index (χ4v) is 5.47. The Morgan fingerprint density at radius 1 is 1.14 bits per heavy atom. The molecular weight excluding hydrogens is 376 g/mol. The van der Waals surface area contributed by atoms with E-state index in [-0.39, 0.29) is 16.9 Å². The van der Waals surface area contributed by atoms with Crippen molar-refractivity contribution < 1.29 is 13.2 Å². The molecular formula is C20H26N4O3S. The summed E-state index contributed by atoms with van der Waals surface area (Å²) >= 11 is 0. The molecule has 1 saturated heterocycles. The van der Waals surface area contributed by atoms with Crippen LogP contribution in [0.4, 0.5) is 0 Å². The van der Waals surface area contributed by atoms with Crippen LogP contribution in [0.25, 0.3) is 0 Å². The molecule has 28 heavy (non-hydrogen) atoms. The molecule has 3 heterocycles. The van der Waals surface area contributed by atoms with E-state index in [4.69, 9.17) is 0 Å². The van der Waals surface area contributed by atoms with E-state index in [1.165, 1.54) is 21.8 Å². The second-order valence-electron chi connectivity index (χ2n) is 7.50. The van der Waals surface area contributed by atoms with Gasteiger partial charge in [0.05, 0.1) is 6.33 Å². The first kappa shape index (κ1) is 19.1. The van der Waals surface area contributed by atoms with Crippen LogP contribution in [0.15, 0.2) is 41.8 Å². The van der Waals surface area contributed by atoms with Gasteiger partial charge in [-0.1, -0.05) is 24.3 Å². The van der Waals surface area contributed by atoms with Crippen LogP contribution in [-0.4, -0.2) is 52.7 Å². The van der Waals surface area contributed by atoms with Gasteiger partial charge in [0.25, 0.3) is 10.0 Å². The molecule has 0 saturated carbocycles. The first-order chi connectivity index (χ1) is 13.5. The van der Waals surface area contributed by atoms with Gasteiger partial charge < -0.3 is 9.47 Å². The van der Waals surface area contributed by atoms with Crippen molar-refractivity contribution in [3.05, 3.63) is 47.9 Å². The van der Waals surface area contributed by atoms with Gasteiger partial charge in [0, 0.05) is 44.8 Å². The van der Waals surface area contributed by atoms with Crippen LogP contribution in [0.1, 0.15) is 30.9 Å². The van der Waals surface area contributed by atoms with Crippen LogP contribution < -0.4 is 0 Å². The topological polar surface area (TPSA) is 75.5 Å². The summed E-state index contributed by atoms with van der Waals surface area (Å²) in [5.74, 6) is 0.0479. The minimum atomic E-state index is -3.59. The van der Waals surface area contributed by atoms with E-state index in [1.54, 1.807) is 10.8 Å². The van der Waals surface area contributed by atoms with E-state index in [0.717, 1.165) is 13.0 Å². The third kappa shape index (κ3) is 3.58. The van der Waals surface area contributed by atoms with Crippen LogP contribution in [-0.2, 0) is 34.3 Å². The summed E-state index contributed by atoms with van der Waals surface area (Å²) in [7, 11) is -3.59. The van der Waals surface area contributed by atoms with Gasteiger partial charge in [-0.15, -0.1) is 0 Å². The summed E-state index contributed by atoms with van der Waals surface area (Å²) < 4.78 is 28.8. The van der Waals surface area contributed by atoms with Crippen molar-refractivity contribution in [1.29, 1.82) is 0 Å². The van der Waals surface area contributed by atoms with Crippen LogP contribution in [0, 0.1) is 5.92 Å². The molecule has 7 nitrogen and oxygen atoms in total. The Morgan fingerprint density at radius 3 is 2.54 bits per heavy atom. The molecule has 0 N–H and O–H groups in total. The number of hydrogen-bond donors (Lipinski definition) is 0. The predicted molar refractivity (Wildman–Crippen MR) is 105 cm³/mol. The van der Waals surface area contributed by atoms with Gasteiger partial charge >= 0.3 is 0 Å². The Labute approximate surface area is 166 Å². The van der Waals surface area contributed by atoms with Gasteiger partial charge in [0.2, 0.25) is 5.91 Å². The number of carbonyl (C=O) groups is 1. The lowest BCUT2D eigenvalue weighted by Gasteiger charge is -2.35. The van der Waals surface area contributed by atoms with E-state index in [9.17, 15) is 13.2 Å². The van der Waals surface area contributed by atoms with Crippen molar-refractivity contribution >= 4 is 15.9 Å². The Morgan fingerprint density at radius 2 is 1.86 bits per heavy atom. The number of fused-ring (bicyclic) bond motifs is 1. The van der Waals surface area contributed by atoms with Gasteiger partial charge in [-0.25, -0.2) is 13.4 Å². The van der Waals surface area contributed by atoms with Crippen LogP contribution in [0.5, 0.6) is 0 Å². The van der Waals surface area contributed by atoms with Crippen molar-refractivity contribution in [2.45, 2.75) is 44.3 Å². The van der Waals surface area contributed by atoms with Crippen LogP contribution in [0.3, 0.4) is 0 Å². The molecule has 0 bridgehead atoms. The summed E-state index contributed by atoms with van der Waals surface area (Å²) in [4.78, 5) is 18.9. The number of aromatic nitrogens is 2. The minimum absolute atomic E-state index is 0.0896. The zero-order chi connectivity index (χ0) is 19.7.